The van der Waals surface area contributed by atoms with Gasteiger partial charge in [-0.1, -0.05) is 0 Å². The highest BCUT2D eigenvalue weighted by atomic mass is 16.2. The molecule has 3 amide bonds. The van der Waals surface area contributed by atoms with Crippen LogP contribution in [0.4, 0.5) is 4.79 Å². The van der Waals surface area contributed by atoms with Crippen LogP contribution in [0, 0.1) is 19.8 Å². The Balaban J connectivity index is 1.57. The SMILES string of the molecule is Cc1cc(C)n(C2CN(C(=O)[C@@H]3CCCN(C(N)=O)C3)C2)n1. The number of carbonyl (C=O) groups excluding carboxylic acids is 2. The van der Waals surface area contributed by atoms with E-state index in [4.69, 9.17) is 5.73 Å². The minimum Gasteiger partial charge on any atom is -0.351 e. The Kier molecular flexibility index (Phi) is 3.80. The van der Waals surface area contributed by atoms with E-state index in [1.165, 1.54) is 0 Å². The van der Waals surface area contributed by atoms with Gasteiger partial charge in [0.25, 0.3) is 0 Å². The van der Waals surface area contributed by atoms with Gasteiger partial charge in [0.2, 0.25) is 5.91 Å². The van der Waals surface area contributed by atoms with Crippen molar-refractivity contribution in [3.63, 3.8) is 0 Å². The van der Waals surface area contributed by atoms with Crippen molar-refractivity contribution in [3.05, 3.63) is 17.5 Å². The van der Waals surface area contributed by atoms with Gasteiger partial charge in [0.15, 0.2) is 0 Å². The maximum Gasteiger partial charge on any atom is 0.314 e. The van der Waals surface area contributed by atoms with Gasteiger partial charge in [0.05, 0.1) is 17.7 Å². The molecular weight excluding hydrogens is 282 g/mol. The van der Waals surface area contributed by atoms with Crippen LogP contribution in [0.15, 0.2) is 6.07 Å². The fraction of sp³-hybridized carbons (Fsp3) is 0.667. The highest BCUT2D eigenvalue weighted by molar-refractivity contribution is 5.81. The van der Waals surface area contributed by atoms with Gasteiger partial charge >= 0.3 is 6.03 Å². The Morgan fingerprint density at radius 1 is 1.23 bits per heavy atom. The van der Waals surface area contributed by atoms with E-state index in [9.17, 15) is 9.59 Å². The molecule has 3 heterocycles. The van der Waals surface area contributed by atoms with E-state index in [1.54, 1.807) is 4.90 Å². The van der Waals surface area contributed by atoms with E-state index in [1.807, 2.05) is 23.4 Å². The number of urea groups is 1. The molecule has 2 saturated heterocycles. The molecule has 1 aromatic heterocycles. The molecule has 120 valence electrons. The molecule has 1 atom stereocenters. The molecule has 0 saturated carbocycles. The van der Waals surface area contributed by atoms with E-state index in [0.29, 0.717) is 26.2 Å². The topological polar surface area (TPSA) is 84.5 Å². The quantitative estimate of drug-likeness (QED) is 0.871. The largest absolute Gasteiger partial charge is 0.351 e. The smallest absolute Gasteiger partial charge is 0.314 e. The van der Waals surface area contributed by atoms with Crippen LogP contribution in [-0.4, -0.2) is 57.7 Å². The third-order valence-corrected chi connectivity index (χ3v) is 4.65. The summed E-state index contributed by atoms with van der Waals surface area (Å²) in [6, 6.07) is 1.89. The zero-order chi connectivity index (χ0) is 15.9. The second-order valence-corrected chi connectivity index (χ2v) is 6.39. The van der Waals surface area contributed by atoms with Gasteiger partial charge in [-0.15, -0.1) is 0 Å². The summed E-state index contributed by atoms with van der Waals surface area (Å²) in [5.41, 5.74) is 7.46. The molecular formula is C15H23N5O2. The average Bonchev–Trinajstić information content (AvgIpc) is 2.76. The van der Waals surface area contributed by atoms with Crippen molar-refractivity contribution in [1.82, 2.24) is 19.6 Å². The molecule has 0 aromatic carbocycles. The van der Waals surface area contributed by atoms with Gasteiger partial charge in [-0.25, -0.2) is 4.79 Å². The van der Waals surface area contributed by atoms with Crippen LogP contribution in [0.1, 0.15) is 30.3 Å². The number of hydrogen-bond donors (Lipinski definition) is 1. The van der Waals surface area contributed by atoms with Crippen molar-refractivity contribution in [2.24, 2.45) is 11.7 Å². The van der Waals surface area contributed by atoms with Crippen LogP contribution in [0.3, 0.4) is 0 Å². The lowest BCUT2D eigenvalue weighted by atomic mass is 9.94. The second kappa shape index (κ2) is 5.62. The first kappa shape index (κ1) is 14.9. The molecule has 7 heteroatoms. The van der Waals surface area contributed by atoms with Gasteiger partial charge in [-0.2, -0.15) is 5.10 Å². The van der Waals surface area contributed by atoms with Crippen LogP contribution in [-0.2, 0) is 4.79 Å². The van der Waals surface area contributed by atoms with Gasteiger partial charge in [0, 0.05) is 31.9 Å². The number of carbonyl (C=O) groups is 2. The number of nitrogens with zero attached hydrogens (tertiary/aromatic N) is 4. The summed E-state index contributed by atoms with van der Waals surface area (Å²) in [4.78, 5) is 27.2. The predicted octanol–water partition coefficient (Wildman–Crippen LogP) is 0.674. The second-order valence-electron chi connectivity index (χ2n) is 6.39. The van der Waals surface area contributed by atoms with Crippen molar-refractivity contribution in [1.29, 1.82) is 0 Å². The number of piperidine rings is 1. The van der Waals surface area contributed by atoms with Crippen LogP contribution in [0.25, 0.3) is 0 Å². The summed E-state index contributed by atoms with van der Waals surface area (Å²) in [5, 5.41) is 4.48. The maximum absolute atomic E-state index is 12.5. The van der Waals surface area contributed by atoms with Crippen molar-refractivity contribution < 1.29 is 9.59 Å². The molecule has 7 nitrogen and oxygen atoms in total. The number of nitrogens with two attached hydrogens (primary N) is 1. The molecule has 2 N–H and O–H groups in total. The molecule has 0 unspecified atom stereocenters. The number of rotatable bonds is 2. The highest BCUT2D eigenvalue weighted by Crippen LogP contribution is 2.27. The molecule has 2 aliphatic rings. The van der Waals surface area contributed by atoms with Gasteiger partial charge < -0.3 is 15.5 Å². The lowest BCUT2D eigenvalue weighted by Crippen LogP contribution is -2.55. The molecule has 2 fully saturated rings. The first-order chi connectivity index (χ1) is 10.5. The van der Waals surface area contributed by atoms with E-state index in [2.05, 4.69) is 11.2 Å². The molecule has 0 radical (unpaired) electrons. The van der Waals surface area contributed by atoms with Crippen LogP contribution in [0.5, 0.6) is 0 Å². The monoisotopic (exact) mass is 305 g/mol. The van der Waals surface area contributed by atoms with Crippen molar-refractivity contribution in [2.45, 2.75) is 32.7 Å². The molecule has 0 aliphatic carbocycles. The minimum absolute atomic E-state index is 0.109. The number of hydrogen-bond acceptors (Lipinski definition) is 3. The highest BCUT2D eigenvalue weighted by Gasteiger charge is 2.38. The van der Waals surface area contributed by atoms with Gasteiger partial charge in [-0.05, 0) is 32.8 Å². The van der Waals surface area contributed by atoms with Crippen molar-refractivity contribution in [3.8, 4) is 0 Å². The fourth-order valence-corrected chi connectivity index (χ4v) is 3.44. The normalized spacial score (nSPS) is 22.5. The fourth-order valence-electron chi connectivity index (χ4n) is 3.44. The van der Waals surface area contributed by atoms with E-state index in [0.717, 1.165) is 24.2 Å². The Morgan fingerprint density at radius 2 is 1.95 bits per heavy atom. The Hall–Kier alpha value is -2.05. The number of aryl methyl sites for hydroxylation is 2. The number of aromatic nitrogens is 2. The Bertz CT molecular complexity index is 591. The molecule has 22 heavy (non-hydrogen) atoms. The summed E-state index contributed by atoms with van der Waals surface area (Å²) in [6.45, 7) is 6.53. The van der Waals surface area contributed by atoms with Crippen molar-refractivity contribution >= 4 is 11.9 Å². The molecule has 0 spiro atoms. The first-order valence-electron chi connectivity index (χ1n) is 7.81. The molecule has 2 aliphatic heterocycles. The number of amides is 3. The Morgan fingerprint density at radius 3 is 2.55 bits per heavy atom. The van der Waals surface area contributed by atoms with E-state index < -0.39 is 6.03 Å². The minimum atomic E-state index is -0.429. The summed E-state index contributed by atoms with van der Waals surface area (Å²) in [7, 11) is 0. The molecule has 1 aromatic rings. The summed E-state index contributed by atoms with van der Waals surface area (Å²) in [5.74, 6) is 0.0337. The summed E-state index contributed by atoms with van der Waals surface area (Å²) < 4.78 is 2.01. The molecule has 3 rings (SSSR count). The first-order valence-corrected chi connectivity index (χ1v) is 7.81. The summed E-state index contributed by atoms with van der Waals surface area (Å²) >= 11 is 0. The average molecular weight is 305 g/mol. The number of likely N-dealkylation sites (tertiary alicyclic amines) is 2. The third kappa shape index (κ3) is 2.67. The van der Waals surface area contributed by atoms with Crippen LogP contribution < -0.4 is 5.73 Å². The zero-order valence-corrected chi connectivity index (χ0v) is 13.2. The lowest BCUT2D eigenvalue weighted by Gasteiger charge is -2.43. The Labute approximate surface area is 130 Å². The molecule has 0 bridgehead atoms. The number of primary amides is 1. The maximum atomic E-state index is 12.5. The van der Waals surface area contributed by atoms with E-state index in [-0.39, 0.29) is 17.9 Å². The predicted molar refractivity (Wildman–Crippen MR) is 81.2 cm³/mol. The standard InChI is InChI=1S/C15H23N5O2/c1-10-6-11(2)20(17-10)13-8-19(9-13)14(21)12-4-3-5-18(7-12)15(16)22/h6,12-13H,3-5,7-9H2,1-2H3,(H2,16,22)/t12-/m1/s1. The zero-order valence-electron chi connectivity index (χ0n) is 13.2. The van der Waals surface area contributed by atoms with E-state index >= 15 is 0 Å². The van der Waals surface area contributed by atoms with Crippen LogP contribution >= 0.6 is 0 Å². The third-order valence-electron chi connectivity index (χ3n) is 4.65. The van der Waals surface area contributed by atoms with Gasteiger partial charge in [0.1, 0.15) is 0 Å². The van der Waals surface area contributed by atoms with Crippen molar-refractivity contribution in [2.75, 3.05) is 26.2 Å². The van der Waals surface area contributed by atoms with Gasteiger partial charge in [-0.3, -0.25) is 9.48 Å². The van der Waals surface area contributed by atoms with Crippen LogP contribution in [0.2, 0.25) is 0 Å². The lowest BCUT2D eigenvalue weighted by molar-refractivity contribution is -0.143. The summed E-state index contributed by atoms with van der Waals surface area (Å²) in [6.07, 6.45) is 1.68.